The molecule has 0 aromatic heterocycles. The number of rotatable bonds is 4. The lowest BCUT2D eigenvalue weighted by Crippen LogP contribution is -2.44. The van der Waals surface area contributed by atoms with Crippen LogP contribution in [0.4, 0.5) is 0 Å². The molecule has 1 rings (SSSR count). The number of amides is 1. The van der Waals surface area contributed by atoms with E-state index in [1.54, 1.807) is 26.8 Å². The Bertz CT molecular complexity index is 470. The maximum atomic E-state index is 11.7. The smallest absolute Gasteiger partial charge is 0.240 e. The lowest BCUT2D eigenvalue weighted by molar-refractivity contribution is -0.118. The zero-order valence-electron chi connectivity index (χ0n) is 11.0. The summed E-state index contributed by atoms with van der Waals surface area (Å²) in [6.07, 6.45) is 7.22. The second-order valence-corrected chi connectivity index (χ2v) is 7.04. The van der Waals surface area contributed by atoms with Crippen molar-refractivity contribution in [1.29, 1.82) is 0 Å². The van der Waals surface area contributed by atoms with Crippen LogP contribution in [-0.2, 0) is 14.8 Å². The van der Waals surface area contributed by atoms with E-state index in [4.69, 9.17) is 0 Å². The Morgan fingerprint density at radius 3 is 2.56 bits per heavy atom. The summed E-state index contributed by atoms with van der Waals surface area (Å²) in [5.74, 6) is -1.06. The molecule has 5 nitrogen and oxygen atoms in total. The molecule has 0 aromatic carbocycles. The van der Waals surface area contributed by atoms with Gasteiger partial charge in [0.05, 0.1) is 0 Å². The normalized spacial score (nSPS) is 16.3. The van der Waals surface area contributed by atoms with Gasteiger partial charge in [0, 0.05) is 11.2 Å². The van der Waals surface area contributed by atoms with E-state index in [1.165, 1.54) is 0 Å². The highest BCUT2D eigenvalue weighted by molar-refractivity contribution is 7.90. The molecule has 102 valence electrons. The molecular weight excluding hydrogens is 252 g/mol. The van der Waals surface area contributed by atoms with Gasteiger partial charge in [0.15, 0.2) is 0 Å². The maximum Gasteiger partial charge on any atom is 0.240 e. The maximum absolute atomic E-state index is 11.7. The van der Waals surface area contributed by atoms with Crippen molar-refractivity contribution in [2.24, 2.45) is 0 Å². The van der Waals surface area contributed by atoms with Gasteiger partial charge in [-0.05, 0) is 39.7 Å². The van der Waals surface area contributed by atoms with Gasteiger partial charge in [0.2, 0.25) is 15.9 Å². The molecule has 1 amide bonds. The van der Waals surface area contributed by atoms with Gasteiger partial charge in [-0.1, -0.05) is 12.2 Å². The summed E-state index contributed by atoms with van der Waals surface area (Å²) < 4.78 is 25.8. The van der Waals surface area contributed by atoms with Crippen LogP contribution in [0.15, 0.2) is 23.9 Å². The molecule has 18 heavy (non-hydrogen) atoms. The summed E-state index contributed by atoms with van der Waals surface area (Å²) in [5, 5.41) is 2.61. The number of carbonyl (C=O) groups excluding carboxylic acids is 1. The topological polar surface area (TPSA) is 75.3 Å². The van der Waals surface area contributed by atoms with Gasteiger partial charge in [-0.15, -0.1) is 0 Å². The first-order valence-electron chi connectivity index (χ1n) is 5.85. The molecule has 6 heteroatoms. The minimum absolute atomic E-state index is 0.506. The molecule has 0 aromatic rings. The molecule has 0 heterocycles. The number of carbonyl (C=O) groups is 1. The largest absolute Gasteiger partial charge is 0.329 e. The molecule has 1 aliphatic rings. The van der Waals surface area contributed by atoms with Gasteiger partial charge in [-0.3, -0.25) is 4.79 Å². The van der Waals surface area contributed by atoms with Crippen LogP contribution in [0.2, 0.25) is 0 Å². The summed E-state index contributed by atoms with van der Waals surface area (Å²) in [7, 11) is -3.60. The zero-order valence-corrected chi connectivity index (χ0v) is 11.8. The summed E-state index contributed by atoms with van der Waals surface area (Å²) in [6, 6.07) is 0. The van der Waals surface area contributed by atoms with Gasteiger partial charge in [0.25, 0.3) is 0 Å². The standard InChI is InChI=1S/C12H20N2O3S/c1-12(2,3)14-18(16,17)9-11(15)13-10-7-5-4-6-8-10/h4-5,7,14H,6,8-9H2,1-3H3,(H,13,15). The molecule has 0 bridgehead atoms. The fourth-order valence-electron chi connectivity index (χ4n) is 1.60. The molecule has 0 saturated carbocycles. The van der Waals surface area contributed by atoms with Crippen LogP contribution in [0.3, 0.4) is 0 Å². The Hall–Kier alpha value is -1.14. The Morgan fingerprint density at radius 2 is 2.06 bits per heavy atom. The Morgan fingerprint density at radius 1 is 1.39 bits per heavy atom. The number of allylic oxidation sites excluding steroid dienone is 4. The molecular formula is C12H20N2O3S. The van der Waals surface area contributed by atoms with Crippen molar-refractivity contribution >= 4 is 15.9 Å². The van der Waals surface area contributed by atoms with Gasteiger partial charge in [0.1, 0.15) is 5.75 Å². The monoisotopic (exact) mass is 272 g/mol. The molecule has 0 saturated heterocycles. The molecule has 0 unspecified atom stereocenters. The number of hydrogen-bond donors (Lipinski definition) is 2. The van der Waals surface area contributed by atoms with Crippen molar-refractivity contribution in [3.63, 3.8) is 0 Å². The van der Waals surface area contributed by atoms with Crippen molar-refractivity contribution in [3.05, 3.63) is 23.9 Å². The van der Waals surface area contributed by atoms with Crippen molar-refractivity contribution in [2.75, 3.05) is 5.75 Å². The average molecular weight is 272 g/mol. The third-order valence-corrected chi connectivity index (χ3v) is 3.66. The third-order valence-electron chi connectivity index (χ3n) is 2.10. The van der Waals surface area contributed by atoms with E-state index in [2.05, 4.69) is 10.0 Å². The van der Waals surface area contributed by atoms with Crippen molar-refractivity contribution in [1.82, 2.24) is 10.0 Å². The molecule has 0 radical (unpaired) electrons. The van der Waals surface area contributed by atoms with E-state index in [1.807, 2.05) is 12.2 Å². The van der Waals surface area contributed by atoms with Crippen LogP contribution >= 0.6 is 0 Å². The summed E-state index contributed by atoms with van der Waals surface area (Å²) in [5.41, 5.74) is 0.180. The van der Waals surface area contributed by atoms with E-state index in [0.29, 0.717) is 0 Å². The highest BCUT2D eigenvalue weighted by atomic mass is 32.2. The number of sulfonamides is 1. The Labute approximate surface area is 108 Å². The minimum Gasteiger partial charge on any atom is -0.329 e. The van der Waals surface area contributed by atoms with E-state index in [0.717, 1.165) is 18.5 Å². The van der Waals surface area contributed by atoms with E-state index >= 15 is 0 Å². The van der Waals surface area contributed by atoms with E-state index in [-0.39, 0.29) is 0 Å². The lowest BCUT2D eigenvalue weighted by Gasteiger charge is -2.20. The first-order valence-corrected chi connectivity index (χ1v) is 7.50. The highest BCUT2D eigenvalue weighted by Crippen LogP contribution is 2.08. The Balaban J connectivity index is 2.54. The highest BCUT2D eigenvalue weighted by Gasteiger charge is 2.23. The second kappa shape index (κ2) is 5.67. The summed E-state index contributed by atoms with van der Waals surface area (Å²) in [4.78, 5) is 11.6. The minimum atomic E-state index is -3.60. The van der Waals surface area contributed by atoms with Crippen LogP contribution in [-0.4, -0.2) is 25.6 Å². The molecule has 0 aliphatic heterocycles. The quantitative estimate of drug-likeness (QED) is 0.803. The molecule has 0 spiro atoms. The van der Waals surface area contributed by atoms with Crippen molar-refractivity contribution in [2.45, 2.75) is 39.2 Å². The summed E-state index contributed by atoms with van der Waals surface area (Å²) in [6.45, 7) is 5.20. The van der Waals surface area contributed by atoms with Gasteiger partial charge in [-0.25, -0.2) is 13.1 Å². The lowest BCUT2D eigenvalue weighted by atomic mass is 10.1. The van der Waals surface area contributed by atoms with Crippen LogP contribution in [0.5, 0.6) is 0 Å². The van der Waals surface area contributed by atoms with Crippen LogP contribution in [0.25, 0.3) is 0 Å². The van der Waals surface area contributed by atoms with Crippen molar-refractivity contribution < 1.29 is 13.2 Å². The molecule has 0 atom stereocenters. The van der Waals surface area contributed by atoms with Crippen LogP contribution in [0.1, 0.15) is 33.6 Å². The van der Waals surface area contributed by atoms with Crippen LogP contribution < -0.4 is 10.0 Å². The fraction of sp³-hybridized carbons (Fsp3) is 0.583. The third kappa shape index (κ3) is 5.97. The Kier molecular flexibility index (Phi) is 4.70. The van der Waals surface area contributed by atoms with Crippen molar-refractivity contribution in [3.8, 4) is 0 Å². The average Bonchev–Trinajstić information content (AvgIpc) is 2.13. The SMILES string of the molecule is CC(C)(C)NS(=O)(=O)CC(=O)NC1=CC=CCC1. The second-order valence-electron chi connectivity index (χ2n) is 5.32. The summed E-state index contributed by atoms with van der Waals surface area (Å²) >= 11 is 0. The van der Waals surface area contributed by atoms with E-state index in [9.17, 15) is 13.2 Å². The molecule has 0 fully saturated rings. The van der Waals surface area contributed by atoms with Gasteiger partial charge >= 0.3 is 0 Å². The number of hydrogen-bond acceptors (Lipinski definition) is 3. The molecule has 2 N–H and O–H groups in total. The van der Waals surface area contributed by atoms with Crippen LogP contribution in [0, 0.1) is 0 Å². The van der Waals surface area contributed by atoms with E-state index < -0.39 is 27.2 Å². The zero-order chi connectivity index (χ0) is 13.8. The first-order chi connectivity index (χ1) is 8.18. The number of nitrogens with one attached hydrogen (secondary N) is 2. The van der Waals surface area contributed by atoms with Gasteiger partial charge < -0.3 is 5.32 Å². The predicted molar refractivity (Wildman–Crippen MR) is 71.3 cm³/mol. The predicted octanol–water partition coefficient (Wildman–Crippen LogP) is 1.05. The fourth-order valence-corrected chi connectivity index (χ4v) is 3.02. The molecule has 1 aliphatic carbocycles. The van der Waals surface area contributed by atoms with Gasteiger partial charge in [-0.2, -0.15) is 0 Å². The first kappa shape index (κ1) is 14.9.